The zero-order valence-electron chi connectivity index (χ0n) is 16.9. The van der Waals surface area contributed by atoms with Gasteiger partial charge in [0.05, 0.1) is 6.61 Å². The molecular weight excluding hydrogens is 386 g/mol. The molecule has 29 heavy (non-hydrogen) atoms. The van der Waals surface area contributed by atoms with Crippen LogP contribution in [0, 0.1) is 6.92 Å². The van der Waals surface area contributed by atoms with Crippen molar-refractivity contribution in [2.45, 2.75) is 44.2 Å². The van der Waals surface area contributed by atoms with Crippen LogP contribution in [0.2, 0.25) is 0 Å². The van der Waals surface area contributed by atoms with E-state index in [-0.39, 0.29) is 17.8 Å². The third-order valence-corrected chi connectivity index (χ3v) is 5.53. The van der Waals surface area contributed by atoms with Gasteiger partial charge in [-0.15, -0.1) is 10.2 Å². The molecule has 2 aromatic carbocycles. The van der Waals surface area contributed by atoms with Crippen molar-refractivity contribution in [1.82, 2.24) is 14.8 Å². The van der Waals surface area contributed by atoms with E-state index in [1.807, 2.05) is 79.9 Å². The Kier molecular flexibility index (Phi) is 7.30. The molecule has 0 N–H and O–H groups in total. The number of para-hydroxylation sites is 1. The van der Waals surface area contributed by atoms with E-state index >= 15 is 0 Å². The van der Waals surface area contributed by atoms with E-state index < -0.39 is 0 Å². The monoisotopic (exact) mass is 411 g/mol. The Morgan fingerprint density at radius 3 is 2.59 bits per heavy atom. The summed E-state index contributed by atoms with van der Waals surface area (Å²) in [5.74, 6) is 1.21. The minimum absolute atomic E-state index is 0.236. The predicted molar refractivity (Wildman–Crippen MR) is 113 cm³/mol. The highest BCUT2D eigenvalue weighted by Crippen LogP contribution is 2.28. The highest BCUT2D eigenvalue weighted by molar-refractivity contribution is 8.00. The molecule has 152 valence electrons. The average Bonchev–Trinajstić information content (AvgIpc) is 3.13. The maximum Gasteiger partial charge on any atom is 0.319 e. The van der Waals surface area contributed by atoms with Gasteiger partial charge in [-0.25, -0.2) is 0 Å². The van der Waals surface area contributed by atoms with Gasteiger partial charge in [0.2, 0.25) is 0 Å². The van der Waals surface area contributed by atoms with Gasteiger partial charge in [0.1, 0.15) is 17.6 Å². The topological polar surface area (TPSA) is 66.2 Å². The molecule has 0 unspecified atom stereocenters. The van der Waals surface area contributed by atoms with E-state index in [2.05, 4.69) is 10.2 Å². The molecule has 0 aliphatic rings. The van der Waals surface area contributed by atoms with Crippen LogP contribution in [0.3, 0.4) is 0 Å². The lowest BCUT2D eigenvalue weighted by molar-refractivity contribution is -0.142. The van der Waals surface area contributed by atoms with Crippen molar-refractivity contribution >= 4 is 17.7 Å². The molecule has 1 heterocycles. The molecule has 3 aromatic rings. The van der Waals surface area contributed by atoms with Crippen LogP contribution in [-0.4, -0.2) is 32.6 Å². The van der Waals surface area contributed by atoms with E-state index in [0.29, 0.717) is 24.0 Å². The van der Waals surface area contributed by atoms with Gasteiger partial charge in [0.25, 0.3) is 0 Å². The predicted octanol–water partition coefficient (Wildman–Crippen LogP) is 4.59. The third kappa shape index (κ3) is 5.38. The minimum Gasteiger partial charge on any atom is -0.486 e. The van der Waals surface area contributed by atoms with Crippen LogP contribution in [0.5, 0.6) is 5.75 Å². The zero-order valence-corrected chi connectivity index (χ0v) is 17.7. The Balaban J connectivity index is 1.88. The van der Waals surface area contributed by atoms with Crippen LogP contribution in [0.25, 0.3) is 5.69 Å². The number of aromatic nitrogens is 3. The van der Waals surface area contributed by atoms with Crippen molar-refractivity contribution in [2.24, 2.45) is 0 Å². The molecule has 0 saturated heterocycles. The number of carbonyl (C=O) groups is 1. The first-order valence-electron chi connectivity index (χ1n) is 9.64. The first kappa shape index (κ1) is 20.9. The number of nitrogens with zero attached hydrogens (tertiary/aromatic N) is 3. The molecule has 0 radical (unpaired) electrons. The third-order valence-electron chi connectivity index (χ3n) is 4.24. The molecule has 1 aromatic heterocycles. The number of carbonyl (C=O) groups excluding carboxylic acids is 1. The van der Waals surface area contributed by atoms with Gasteiger partial charge in [-0.1, -0.05) is 49.0 Å². The summed E-state index contributed by atoms with van der Waals surface area (Å²) in [5.41, 5.74) is 2.05. The van der Waals surface area contributed by atoms with Crippen molar-refractivity contribution in [3.63, 3.8) is 0 Å². The fourth-order valence-electron chi connectivity index (χ4n) is 2.82. The van der Waals surface area contributed by atoms with E-state index in [1.165, 1.54) is 11.8 Å². The van der Waals surface area contributed by atoms with E-state index in [1.54, 1.807) is 0 Å². The molecule has 0 bridgehead atoms. The number of hydrogen-bond acceptors (Lipinski definition) is 6. The lowest BCUT2D eigenvalue weighted by atomic mass is 10.2. The van der Waals surface area contributed by atoms with Crippen molar-refractivity contribution < 1.29 is 14.3 Å². The number of esters is 1. The van der Waals surface area contributed by atoms with Crippen molar-refractivity contribution in [1.29, 1.82) is 0 Å². The zero-order chi connectivity index (χ0) is 20.6. The number of thioether (sulfide) groups is 1. The molecule has 0 fully saturated rings. The van der Waals surface area contributed by atoms with Gasteiger partial charge in [-0.2, -0.15) is 0 Å². The lowest BCUT2D eigenvalue weighted by Gasteiger charge is -2.15. The van der Waals surface area contributed by atoms with Crippen LogP contribution in [0.1, 0.15) is 31.7 Å². The van der Waals surface area contributed by atoms with Gasteiger partial charge in [0.15, 0.2) is 11.0 Å². The van der Waals surface area contributed by atoms with E-state index in [4.69, 9.17) is 9.47 Å². The maximum atomic E-state index is 12.3. The quantitative estimate of drug-likeness (QED) is 0.379. The second-order valence-corrected chi connectivity index (χ2v) is 7.61. The molecule has 0 saturated carbocycles. The molecule has 6 nitrogen and oxygen atoms in total. The van der Waals surface area contributed by atoms with Gasteiger partial charge in [-0.05, 0) is 50.1 Å². The van der Waals surface area contributed by atoms with Crippen LogP contribution in [-0.2, 0) is 16.1 Å². The number of aryl methyl sites for hydroxylation is 1. The Hall–Kier alpha value is -2.80. The SMILES string of the molecule is CCOC(=O)[C@@H](CC)Sc1nnc(COc2cccc(C)c2)n1-c1ccccc1. The van der Waals surface area contributed by atoms with Crippen molar-refractivity contribution in [3.8, 4) is 11.4 Å². The average molecular weight is 412 g/mol. The highest BCUT2D eigenvalue weighted by Gasteiger charge is 2.24. The standard InChI is InChI=1S/C22H25N3O3S/c1-4-19(21(26)27-5-2)29-22-24-23-20(25(22)17-11-7-6-8-12-17)15-28-18-13-9-10-16(3)14-18/h6-14,19H,4-5,15H2,1-3H3/t19-/m1/s1. The van der Waals surface area contributed by atoms with Gasteiger partial charge >= 0.3 is 5.97 Å². The maximum absolute atomic E-state index is 12.3. The summed E-state index contributed by atoms with van der Waals surface area (Å²) in [6.07, 6.45) is 0.639. The Labute approximate surface area is 175 Å². The minimum atomic E-state index is -0.341. The second-order valence-electron chi connectivity index (χ2n) is 6.44. The van der Waals surface area contributed by atoms with Crippen LogP contribution >= 0.6 is 11.8 Å². The summed E-state index contributed by atoms with van der Waals surface area (Å²) in [7, 11) is 0. The fraction of sp³-hybridized carbons (Fsp3) is 0.318. The first-order valence-corrected chi connectivity index (χ1v) is 10.5. The number of rotatable bonds is 9. The van der Waals surface area contributed by atoms with E-state index in [9.17, 15) is 4.79 Å². The second kappa shape index (κ2) is 10.1. The summed E-state index contributed by atoms with van der Waals surface area (Å²) in [4.78, 5) is 12.3. The molecule has 0 aliphatic carbocycles. The molecule has 0 aliphatic heterocycles. The Morgan fingerprint density at radius 1 is 1.10 bits per heavy atom. The number of ether oxygens (including phenoxy) is 2. The van der Waals surface area contributed by atoms with Crippen LogP contribution in [0.4, 0.5) is 0 Å². The summed E-state index contributed by atoms with van der Waals surface area (Å²) in [6, 6.07) is 17.7. The summed E-state index contributed by atoms with van der Waals surface area (Å²) in [6.45, 7) is 6.41. The number of hydrogen-bond donors (Lipinski definition) is 0. The van der Waals surface area contributed by atoms with Gasteiger partial charge < -0.3 is 9.47 Å². The van der Waals surface area contributed by atoms with Crippen LogP contribution < -0.4 is 4.74 Å². The number of benzene rings is 2. The molecule has 1 atom stereocenters. The molecule has 7 heteroatoms. The highest BCUT2D eigenvalue weighted by atomic mass is 32.2. The molecular formula is C22H25N3O3S. The summed E-state index contributed by atoms with van der Waals surface area (Å²) in [5, 5.41) is 8.98. The van der Waals surface area contributed by atoms with Gasteiger partial charge in [0, 0.05) is 5.69 Å². The van der Waals surface area contributed by atoms with Crippen LogP contribution in [0.15, 0.2) is 59.8 Å². The molecule has 3 rings (SSSR count). The summed E-state index contributed by atoms with van der Waals surface area (Å²) >= 11 is 1.36. The summed E-state index contributed by atoms with van der Waals surface area (Å²) < 4.78 is 13.1. The lowest BCUT2D eigenvalue weighted by Crippen LogP contribution is -2.20. The van der Waals surface area contributed by atoms with Crippen molar-refractivity contribution in [2.75, 3.05) is 6.61 Å². The largest absolute Gasteiger partial charge is 0.486 e. The fourth-order valence-corrected chi connectivity index (χ4v) is 3.81. The first-order chi connectivity index (χ1) is 14.1. The van der Waals surface area contributed by atoms with E-state index in [0.717, 1.165) is 17.0 Å². The van der Waals surface area contributed by atoms with Gasteiger partial charge in [-0.3, -0.25) is 9.36 Å². The van der Waals surface area contributed by atoms with Crippen molar-refractivity contribution in [3.05, 3.63) is 66.0 Å². The Morgan fingerprint density at radius 2 is 1.90 bits per heavy atom. The Bertz CT molecular complexity index is 943. The molecule has 0 spiro atoms. The smallest absolute Gasteiger partial charge is 0.319 e. The molecule has 0 amide bonds. The normalized spacial score (nSPS) is 11.8.